The normalized spacial score (nSPS) is 10.2. The van der Waals surface area contributed by atoms with Gasteiger partial charge in [0.2, 0.25) is 5.91 Å². The van der Waals surface area contributed by atoms with Crippen molar-refractivity contribution in [2.24, 2.45) is 0 Å². The fraction of sp³-hybridized carbons (Fsp3) is 0.538. The van der Waals surface area contributed by atoms with Gasteiger partial charge in [-0.25, -0.2) is 4.98 Å². The Bertz CT molecular complexity index is 417. The zero-order chi connectivity index (χ0) is 13.7. The van der Waals surface area contributed by atoms with Crippen LogP contribution in [0.1, 0.15) is 19.0 Å². The van der Waals surface area contributed by atoms with E-state index >= 15 is 0 Å². The summed E-state index contributed by atoms with van der Waals surface area (Å²) in [5, 5.41) is 0. The van der Waals surface area contributed by atoms with Crippen molar-refractivity contribution in [1.82, 2.24) is 9.88 Å². The number of nitrogens with two attached hydrogens (primary N) is 1. The molecule has 2 N–H and O–H groups in total. The highest BCUT2D eigenvalue weighted by atomic mass is 16.2. The molecule has 0 aliphatic rings. The first-order valence-corrected chi connectivity index (χ1v) is 6.14. The molecule has 1 aromatic rings. The van der Waals surface area contributed by atoms with Gasteiger partial charge in [0, 0.05) is 20.6 Å². The summed E-state index contributed by atoms with van der Waals surface area (Å²) in [6.45, 7) is 5.10. The van der Waals surface area contributed by atoms with Crippen LogP contribution in [0.2, 0.25) is 0 Å². The molecule has 0 unspecified atom stereocenters. The van der Waals surface area contributed by atoms with Gasteiger partial charge in [0.25, 0.3) is 0 Å². The predicted octanol–water partition coefficient (Wildman–Crippen LogP) is 1.28. The largest absolute Gasteiger partial charge is 0.397 e. The quantitative estimate of drug-likeness (QED) is 0.855. The van der Waals surface area contributed by atoms with Crippen molar-refractivity contribution in [2.45, 2.75) is 20.3 Å². The molecule has 1 aromatic heterocycles. The maximum atomic E-state index is 11.8. The second-order valence-corrected chi connectivity index (χ2v) is 4.55. The van der Waals surface area contributed by atoms with Crippen LogP contribution in [0, 0.1) is 6.92 Å². The number of nitrogens with zero attached hydrogens (tertiary/aromatic N) is 3. The van der Waals surface area contributed by atoms with E-state index < -0.39 is 0 Å². The molecule has 0 saturated carbocycles. The molecule has 1 heterocycles. The van der Waals surface area contributed by atoms with Crippen LogP contribution in [0.4, 0.5) is 11.5 Å². The van der Waals surface area contributed by atoms with Crippen molar-refractivity contribution in [3.8, 4) is 0 Å². The Morgan fingerprint density at radius 1 is 1.39 bits per heavy atom. The van der Waals surface area contributed by atoms with Crippen LogP contribution in [0.25, 0.3) is 0 Å². The third kappa shape index (κ3) is 3.61. The Morgan fingerprint density at radius 2 is 2.06 bits per heavy atom. The molecule has 18 heavy (non-hydrogen) atoms. The molecule has 0 radical (unpaired) electrons. The van der Waals surface area contributed by atoms with Crippen molar-refractivity contribution < 1.29 is 4.79 Å². The number of hydrogen-bond donors (Lipinski definition) is 1. The number of nitrogen functional groups attached to an aromatic ring is 1. The van der Waals surface area contributed by atoms with Crippen LogP contribution in [0.15, 0.2) is 12.1 Å². The van der Waals surface area contributed by atoms with E-state index in [-0.39, 0.29) is 5.91 Å². The van der Waals surface area contributed by atoms with E-state index in [4.69, 9.17) is 5.73 Å². The summed E-state index contributed by atoms with van der Waals surface area (Å²) in [6.07, 6.45) is 0.964. The zero-order valence-corrected chi connectivity index (χ0v) is 11.6. The second kappa shape index (κ2) is 6.23. The van der Waals surface area contributed by atoms with Gasteiger partial charge in [-0.05, 0) is 25.5 Å². The van der Waals surface area contributed by atoms with Gasteiger partial charge in [0.1, 0.15) is 5.82 Å². The number of likely N-dealkylation sites (N-methyl/N-ethyl adjacent to an activating group) is 1. The first kappa shape index (κ1) is 14.3. The summed E-state index contributed by atoms with van der Waals surface area (Å²) in [5.41, 5.74) is 7.23. The third-order valence-corrected chi connectivity index (χ3v) is 2.75. The lowest BCUT2D eigenvalue weighted by Crippen LogP contribution is -2.37. The lowest BCUT2D eigenvalue weighted by molar-refractivity contribution is -0.127. The van der Waals surface area contributed by atoms with Crippen LogP contribution >= 0.6 is 0 Å². The van der Waals surface area contributed by atoms with Gasteiger partial charge in [-0.2, -0.15) is 0 Å². The number of pyridine rings is 1. The average Bonchev–Trinajstić information content (AvgIpc) is 2.32. The van der Waals surface area contributed by atoms with Gasteiger partial charge in [-0.3, -0.25) is 4.79 Å². The fourth-order valence-electron chi connectivity index (χ4n) is 1.58. The number of hydrogen-bond acceptors (Lipinski definition) is 4. The first-order chi connectivity index (χ1) is 8.45. The molecule has 0 aliphatic heterocycles. The minimum atomic E-state index is 0.0692. The zero-order valence-electron chi connectivity index (χ0n) is 11.6. The van der Waals surface area contributed by atoms with Crippen molar-refractivity contribution >= 4 is 17.4 Å². The van der Waals surface area contributed by atoms with Crippen LogP contribution in [0.3, 0.4) is 0 Å². The lowest BCUT2D eigenvalue weighted by Gasteiger charge is -2.24. The van der Waals surface area contributed by atoms with Gasteiger partial charge < -0.3 is 15.5 Å². The third-order valence-electron chi connectivity index (χ3n) is 2.75. The van der Waals surface area contributed by atoms with Crippen molar-refractivity contribution in [3.05, 3.63) is 17.8 Å². The van der Waals surface area contributed by atoms with Crippen LogP contribution in [0.5, 0.6) is 0 Å². The Kier molecular flexibility index (Phi) is 4.95. The summed E-state index contributed by atoms with van der Waals surface area (Å²) in [5.74, 6) is 0.874. The van der Waals surface area contributed by atoms with Gasteiger partial charge in [-0.15, -0.1) is 0 Å². The standard InChI is InChI=1S/C13H22N4O/c1-5-8-17(9-13(18)16(3)4)12-7-6-11(14)10(2)15-12/h6-7H,5,8-9,14H2,1-4H3. The summed E-state index contributed by atoms with van der Waals surface area (Å²) in [4.78, 5) is 19.8. The maximum absolute atomic E-state index is 11.8. The topological polar surface area (TPSA) is 62.5 Å². The number of carbonyl (C=O) groups is 1. The molecule has 0 aliphatic carbocycles. The molecule has 1 amide bonds. The molecular formula is C13H22N4O. The highest BCUT2D eigenvalue weighted by Crippen LogP contribution is 2.16. The Morgan fingerprint density at radius 3 is 2.56 bits per heavy atom. The molecule has 0 saturated heterocycles. The van der Waals surface area contributed by atoms with E-state index in [1.807, 2.05) is 24.0 Å². The fourth-order valence-corrected chi connectivity index (χ4v) is 1.58. The SMILES string of the molecule is CCCN(CC(=O)N(C)C)c1ccc(N)c(C)n1. The molecule has 0 bridgehead atoms. The van der Waals surface area contributed by atoms with Crippen molar-refractivity contribution in [1.29, 1.82) is 0 Å². The average molecular weight is 250 g/mol. The van der Waals surface area contributed by atoms with Crippen LogP contribution < -0.4 is 10.6 Å². The van der Waals surface area contributed by atoms with E-state index in [0.717, 1.165) is 24.5 Å². The molecule has 1 rings (SSSR count). The Balaban J connectivity index is 2.89. The maximum Gasteiger partial charge on any atom is 0.241 e. The van der Waals surface area contributed by atoms with Crippen LogP contribution in [-0.4, -0.2) is 43.0 Å². The molecule has 5 nitrogen and oxygen atoms in total. The van der Waals surface area contributed by atoms with Crippen LogP contribution in [-0.2, 0) is 4.79 Å². The van der Waals surface area contributed by atoms with Gasteiger partial charge >= 0.3 is 0 Å². The number of carbonyl (C=O) groups excluding carboxylic acids is 1. The van der Waals surface area contributed by atoms with E-state index in [0.29, 0.717) is 12.2 Å². The molecule has 0 aromatic carbocycles. The van der Waals surface area contributed by atoms with E-state index in [9.17, 15) is 4.79 Å². The molecule has 100 valence electrons. The van der Waals surface area contributed by atoms with E-state index in [2.05, 4.69) is 11.9 Å². The van der Waals surface area contributed by atoms with Gasteiger partial charge in [0.05, 0.1) is 17.9 Å². The number of rotatable bonds is 5. The number of aryl methyl sites for hydroxylation is 1. The Hall–Kier alpha value is -1.78. The predicted molar refractivity (Wildman–Crippen MR) is 74.6 cm³/mol. The number of aromatic nitrogens is 1. The van der Waals surface area contributed by atoms with Gasteiger partial charge in [0.15, 0.2) is 0 Å². The van der Waals surface area contributed by atoms with E-state index in [1.54, 1.807) is 19.0 Å². The van der Waals surface area contributed by atoms with Crippen molar-refractivity contribution in [3.63, 3.8) is 0 Å². The molecule has 5 heteroatoms. The van der Waals surface area contributed by atoms with E-state index in [1.165, 1.54) is 0 Å². The molecular weight excluding hydrogens is 228 g/mol. The lowest BCUT2D eigenvalue weighted by atomic mass is 10.3. The molecule has 0 spiro atoms. The van der Waals surface area contributed by atoms with Crippen molar-refractivity contribution in [2.75, 3.05) is 37.8 Å². The highest BCUT2D eigenvalue weighted by Gasteiger charge is 2.13. The Labute approximate surface area is 109 Å². The minimum absolute atomic E-state index is 0.0692. The highest BCUT2D eigenvalue weighted by molar-refractivity contribution is 5.80. The second-order valence-electron chi connectivity index (χ2n) is 4.55. The summed E-state index contributed by atoms with van der Waals surface area (Å²) in [6, 6.07) is 3.70. The monoisotopic (exact) mass is 250 g/mol. The number of anilines is 2. The van der Waals surface area contributed by atoms with Gasteiger partial charge in [-0.1, -0.05) is 6.92 Å². The smallest absolute Gasteiger partial charge is 0.241 e. The molecule has 0 atom stereocenters. The summed E-state index contributed by atoms with van der Waals surface area (Å²) < 4.78 is 0. The minimum Gasteiger partial charge on any atom is -0.397 e. The molecule has 0 fully saturated rings. The first-order valence-electron chi connectivity index (χ1n) is 6.14. The summed E-state index contributed by atoms with van der Waals surface area (Å²) >= 11 is 0. The summed E-state index contributed by atoms with van der Waals surface area (Å²) in [7, 11) is 3.52. The number of amides is 1.